The monoisotopic (exact) mass is 493 g/mol. The van der Waals surface area contributed by atoms with E-state index in [1.165, 1.54) is 18.6 Å². The Bertz CT molecular complexity index is 1270. The second-order valence-corrected chi connectivity index (χ2v) is 12.7. The molecule has 35 heavy (non-hydrogen) atoms. The lowest BCUT2D eigenvalue weighted by Gasteiger charge is -2.41. The fraction of sp³-hybridized carbons (Fsp3) is 0.423. The molecule has 8 nitrogen and oxygen atoms in total. The van der Waals surface area contributed by atoms with Crippen molar-refractivity contribution in [2.45, 2.75) is 52.9 Å². The summed E-state index contributed by atoms with van der Waals surface area (Å²) in [5.74, 6) is 0. The van der Waals surface area contributed by atoms with Gasteiger partial charge in [-0.15, -0.1) is 0 Å². The third-order valence-electron chi connectivity index (χ3n) is 7.05. The van der Waals surface area contributed by atoms with E-state index in [1.807, 2.05) is 37.3 Å². The van der Waals surface area contributed by atoms with E-state index in [4.69, 9.17) is 5.10 Å². The lowest BCUT2D eigenvalue weighted by molar-refractivity contribution is -0.384. The number of nitro groups is 1. The van der Waals surface area contributed by atoms with Crippen LogP contribution in [0.5, 0.6) is 0 Å². The van der Waals surface area contributed by atoms with Gasteiger partial charge in [0, 0.05) is 30.9 Å². The minimum atomic E-state index is -3.52. The van der Waals surface area contributed by atoms with Gasteiger partial charge in [-0.2, -0.15) is 9.88 Å². The van der Waals surface area contributed by atoms with E-state index in [-0.39, 0.29) is 11.1 Å². The summed E-state index contributed by atoms with van der Waals surface area (Å²) >= 11 is 0. The molecule has 2 aromatic rings. The number of non-ortho nitro benzene ring substituents is 1. The number of hydrogen-bond donors (Lipinski definition) is 1. The van der Waals surface area contributed by atoms with Crippen molar-refractivity contribution in [3.63, 3.8) is 0 Å². The van der Waals surface area contributed by atoms with E-state index in [2.05, 4.69) is 23.8 Å². The van der Waals surface area contributed by atoms with E-state index in [0.29, 0.717) is 5.69 Å². The van der Waals surface area contributed by atoms with Crippen molar-refractivity contribution >= 4 is 30.2 Å². The van der Waals surface area contributed by atoms with Crippen LogP contribution in [0, 0.1) is 22.5 Å². The van der Waals surface area contributed by atoms with Crippen molar-refractivity contribution < 1.29 is 9.49 Å². The summed E-state index contributed by atoms with van der Waals surface area (Å²) in [4.78, 5) is 13.5. The van der Waals surface area contributed by atoms with E-state index in [0.717, 1.165) is 66.7 Å². The van der Waals surface area contributed by atoms with Gasteiger partial charge in [0.15, 0.2) is 0 Å². The molecule has 1 N–H and O–H groups in total. The molecule has 0 amide bonds. The number of hydrogen-bond acceptors (Lipinski definition) is 5. The Hall–Kier alpha value is -3.12. The lowest BCUT2D eigenvalue weighted by Crippen LogP contribution is -2.36. The highest BCUT2D eigenvalue weighted by molar-refractivity contribution is 7.73. The molecule has 2 aromatic carbocycles. The molecule has 9 heteroatoms. The first-order valence-corrected chi connectivity index (χ1v) is 13.9. The van der Waals surface area contributed by atoms with E-state index < -0.39 is 12.4 Å². The van der Waals surface area contributed by atoms with E-state index >= 15 is 4.57 Å². The van der Waals surface area contributed by atoms with Crippen LogP contribution in [0.3, 0.4) is 0 Å². The first-order valence-electron chi connectivity index (χ1n) is 12.2. The third-order valence-corrected chi connectivity index (χ3v) is 9.57. The topological polar surface area (TPSA) is 91.1 Å². The van der Waals surface area contributed by atoms with Crippen LogP contribution in [0.4, 0.5) is 17.1 Å². The van der Waals surface area contributed by atoms with Crippen molar-refractivity contribution in [3.8, 4) is 0 Å². The maximum atomic E-state index is 15.2. The second kappa shape index (κ2) is 8.83. The number of piperidine rings is 1. The minimum absolute atomic E-state index is 0.00586. The van der Waals surface area contributed by atoms with Crippen molar-refractivity contribution in [3.05, 3.63) is 75.2 Å². The molecule has 3 aliphatic rings. The molecule has 0 spiro atoms. The molecular formula is C26H32N5O3P. The van der Waals surface area contributed by atoms with Gasteiger partial charge in [-0.1, -0.05) is 38.1 Å². The molecule has 1 aliphatic carbocycles. The molecule has 0 aromatic heterocycles. The van der Waals surface area contributed by atoms with Crippen LogP contribution in [-0.4, -0.2) is 28.6 Å². The second-order valence-electron chi connectivity index (χ2n) is 10.5. The first kappa shape index (κ1) is 23.6. The van der Waals surface area contributed by atoms with Gasteiger partial charge < -0.3 is 9.99 Å². The standard InChI is InChI=1S/C26H32N5O3P/c1-19-12-13-21(31(32)33)16-22(19)28-35(34)25-23(27-30(35)20-10-6-4-7-11-20)17-26(2,3)18-24(25)29-14-8-5-9-15-29/h4,6-7,10-13,16H,5,8-9,14-15,17-18H2,1-3H3,(H,28,34)/t35-/m1/s1. The number of benzene rings is 2. The number of nitro benzene ring substituents is 1. The number of likely N-dealkylation sites (tertiary alicyclic amines) is 1. The Morgan fingerprint density at radius 2 is 1.77 bits per heavy atom. The first-order chi connectivity index (χ1) is 16.7. The Labute approximate surface area is 206 Å². The Kier molecular flexibility index (Phi) is 5.96. The summed E-state index contributed by atoms with van der Waals surface area (Å²) in [6.07, 6.45) is 5.00. The van der Waals surface area contributed by atoms with Gasteiger partial charge in [0.1, 0.15) is 0 Å². The molecule has 1 saturated heterocycles. The summed E-state index contributed by atoms with van der Waals surface area (Å²) in [5, 5.41) is 20.5. The molecular weight excluding hydrogens is 461 g/mol. The maximum absolute atomic E-state index is 15.2. The average molecular weight is 494 g/mol. The zero-order chi connectivity index (χ0) is 24.8. The van der Waals surface area contributed by atoms with Gasteiger partial charge in [0.25, 0.3) is 5.69 Å². The van der Waals surface area contributed by atoms with Crippen LogP contribution < -0.4 is 9.87 Å². The number of rotatable bonds is 5. The maximum Gasteiger partial charge on any atom is 0.313 e. The molecule has 2 aliphatic heterocycles. The lowest BCUT2D eigenvalue weighted by atomic mass is 9.78. The Balaban J connectivity index is 1.70. The van der Waals surface area contributed by atoms with Gasteiger partial charge >= 0.3 is 7.44 Å². The molecule has 0 bridgehead atoms. The SMILES string of the molecule is Cc1ccc([N+](=O)[O-])cc1N[P@]1(=O)C2=C(N3CCCCC3)CC(C)(C)CC2=NN1c1ccccc1. The third kappa shape index (κ3) is 4.36. The fourth-order valence-corrected chi connectivity index (χ4v) is 8.03. The number of para-hydroxylation sites is 1. The Morgan fingerprint density at radius 1 is 1.06 bits per heavy atom. The minimum Gasteiger partial charge on any atom is -0.374 e. The fourth-order valence-electron chi connectivity index (χ4n) is 5.33. The van der Waals surface area contributed by atoms with Crippen LogP contribution >= 0.6 is 7.44 Å². The van der Waals surface area contributed by atoms with Crippen LogP contribution in [-0.2, 0) is 4.57 Å². The molecule has 184 valence electrons. The number of hydrazone groups is 1. The smallest absolute Gasteiger partial charge is 0.313 e. The molecule has 1 atom stereocenters. The van der Waals surface area contributed by atoms with Gasteiger partial charge in [-0.05, 0) is 62.1 Å². The molecule has 0 saturated carbocycles. The van der Waals surface area contributed by atoms with Gasteiger partial charge in [-0.3, -0.25) is 14.7 Å². The van der Waals surface area contributed by atoms with Crippen LogP contribution in [0.1, 0.15) is 51.5 Å². The van der Waals surface area contributed by atoms with Crippen molar-refractivity contribution in [2.75, 3.05) is 23.0 Å². The number of nitrogens with zero attached hydrogens (tertiary/aromatic N) is 4. The van der Waals surface area contributed by atoms with Gasteiger partial charge in [-0.25, -0.2) is 0 Å². The molecule has 2 heterocycles. The quantitative estimate of drug-likeness (QED) is 0.277. The number of nitrogens with one attached hydrogen (secondary N) is 1. The highest BCUT2D eigenvalue weighted by Gasteiger charge is 2.51. The molecule has 0 radical (unpaired) electrons. The van der Waals surface area contributed by atoms with Crippen LogP contribution in [0.15, 0.2) is 64.6 Å². The van der Waals surface area contributed by atoms with Crippen molar-refractivity contribution in [1.82, 2.24) is 4.90 Å². The van der Waals surface area contributed by atoms with Gasteiger partial charge in [0.05, 0.1) is 27.3 Å². The predicted molar refractivity (Wildman–Crippen MR) is 141 cm³/mol. The highest BCUT2D eigenvalue weighted by Crippen LogP contribution is 2.66. The number of aryl methyl sites for hydroxylation is 1. The van der Waals surface area contributed by atoms with E-state index in [1.54, 1.807) is 10.8 Å². The van der Waals surface area contributed by atoms with Crippen molar-refractivity contribution in [1.29, 1.82) is 0 Å². The van der Waals surface area contributed by atoms with Crippen LogP contribution in [0.25, 0.3) is 0 Å². The normalized spacial score (nSPS) is 23.7. The van der Waals surface area contributed by atoms with Crippen LogP contribution in [0.2, 0.25) is 0 Å². The van der Waals surface area contributed by atoms with E-state index in [9.17, 15) is 10.1 Å². The predicted octanol–water partition coefficient (Wildman–Crippen LogP) is 6.90. The zero-order valence-electron chi connectivity index (χ0n) is 20.5. The molecule has 1 fully saturated rings. The summed E-state index contributed by atoms with van der Waals surface area (Å²) in [6, 6.07) is 14.2. The van der Waals surface area contributed by atoms with Crippen molar-refractivity contribution in [2.24, 2.45) is 10.5 Å². The Morgan fingerprint density at radius 3 is 2.46 bits per heavy atom. The molecule has 0 unspecified atom stereocenters. The molecule has 5 rings (SSSR count). The summed E-state index contributed by atoms with van der Waals surface area (Å²) in [5.41, 5.74) is 3.94. The zero-order valence-corrected chi connectivity index (χ0v) is 21.4. The number of fused-ring (bicyclic) bond motifs is 1. The summed E-state index contributed by atoms with van der Waals surface area (Å²) < 4.78 is 16.9. The summed E-state index contributed by atoms with van der Waals surface area (Å²) in [7, 11) is -3.52. The van der Waals surface area contributed by atoms with Gasteiger partial charge in [0.2, 0.25) is 0 Å². The average Bonchev–Trinajstić information content (AvgIpc) is 3.11. The highest BCUT2D eigenvalue weighted by atomic mass is 31.2. The number of anilines is 2. The largest absolute Gasteiger partial charge is 0.374 e. The summed E-state index contributed by atoms with van der Waals surface area (Å²) in [6.45, 7) is 8.24. The number of allylic oxidation sites excluding steroid dienone is 2.